The molecular formula is C14H18N4O2. The number of para-hydroxylation sites is 1. The zero-order valence-electron chi connectivity index (χ0n) is 11.4. The van der Waals surface area contributed by atoms with Gasteiger partial charge in [0.15, 0.2) is 5.75 Å². The molecule has 1 aliphatic rings. The Balaban J connectivity index is 2.06. The van der Waals surface area contributed by atoms with Gasteiger partial charge in [0.1, 0.15) is 11.3 Å². The van der Waals surface area contributed by atoms with Crippen molar-refractivity contribution in [3.8, 4) is 5.75 Å². The van der Waals surface area contributed by atoms with Crippen molar-refractivity contribution < 1.29 is 9.53 Å². The van der Waals surface area contributed by atoms with Gasteiger partial charge in [-0.05, 0) is 38.1 Å². The van der Waals surface area contributed by atoms with Gasteiger partial charge in [0.2, 0.25) is 0 Å². The van der Waals surface area contributed by atoms with Crippen molar-refractivity contribution in [1.82, 2.24) is 14.9 Å². The first-order valence-corrected chi connectivity index (χ1v) is 6.80. The third-order valence-corrected chi connectivity index (χ3v) is 3.82. The molecule has 2 aromatic rings. The maximum Gasteiger partial charge on any atom is 0.410 e. The Kier molecular flexibility index (Phi) is 3.31. The Morgan fingerprint density at radius 2 is 2.20 bits per heavy atom. The number of hydrogen-bond donors (Lipinski definition) is 2. The van der Waals surface area contributed by atoms with Crippen molar-refractivity contribution in [1.29, 1.82) is 0 Å². The fourth-order valence-corrected chi connectivity index (χ4v) is 2.84. The molecule has 0 bridgehead atoms. The molecule has 20 heavy (non-hydrogen) atoms. The lowest BCUT2D eigenvalue weighted by Crippen LogP contribution is -2.27. The van der Waals surface area contributed by atoms with Crippen LogP contribution in [0.2, 0.25) is 0 Å². The summed E-state index contributed by atoms with van der Waals surface area (Å²) in [7, 11) is 2.00. The zero-order valence-corrected chi connectivity index (χ0v) is 11.4. The van der Waals surface area contributed by atoms with Crippen LogP contribution in [0.15, 0.2) is 18.2 Å². The van der Waals surface area contributed by atoms with Gasteiger partial charge in [-0.1, -0.05) is 6.07 Å². The number of aryl methyl sites for hydroxylation is 1. The Bertz CT molecular complexity index is 644. The van der Waals surface area contributed by atoms with Gasteiger partial charge >= 0.3 is 6.09 Å². The van der Waals surface area contributed by atoms with E-state index in [4.69, 9.17) is 15.5 Å². The molecule has 6 heteroatoms. The van der Waals surface area contributed by atoms with E-state index in [-0.39, 0.29) is 0 Å². The molecule has 0 atom stereocenters. The first-order chi connectivity index (χ1) is 9.66. The molecule has 1 fully saturated rings. The number of benzene rings is 1. The van der Waals surface area contributed by atoms with Crippen molar-refractivity contribution >= 4 is 17.1 Å². The minimum absolute atomic E-state index is 0.422. The number of fused-ring (bicyclic) bond motifs is 1. The number of nitrogens with two attached hydrogens (primary N) is 1. The largest absolute Gasteiger partial charge is 0.410 e. The molecule has 0 unspecified atom stereocenters. The van der Waals surface area contributed by atoms with E-state index in [1.807, 2.05) is 19.2 Å². The number of ether oxygens (including phenoxy) is 1. The summed E-state index contributed by atoms with van der Waals surface area (Å²) in [6.45, 7) is 2.02. The maximum absolute atomic E-state index is 11.0. The monoisotopic (exact) mass is 274 g/mol. The van der Waals surface area contributed by atoms with Gasteiger partial charge in [-0.2, -0.15) is 0 Å². The van der Waals surface area contributed by atoms with Gasteiger partial charge in [0.25, 0.3) is 0 Å². The van der Waals surface area contributed by atoms with E-state index in [0.29, 0.717) is 17.2 Å². The van der Waals surface area contributed by atoms with E-state index in [0.717, 1.165) is 37.3 Å². The summed E-state index contributed by atoms with van der Waals surface area (Å²) in [5.41, 5.74) is 6.75. The lowest BCUT2D eigenvalue weighted by atomic mass is 9.97. The number of carbonyl (C=O) groups excluding carboxylic acids is 1. The van der Waals surface area contributed by atoms with E-state index in [1.165, 1.54) is 0 Å². The van der Waals surface area contributed by atoms with E-state index in [9.17, 15) is 4.79 Å². The number of nitrogens with one attached hydrogen (secondary N) is 1. The minimum atomic E-state index is -0.813. The summed E-state index contributed by atoms with van der Waals surface area (Å²) in [4.78, 5) is 15.7. The van der Waals surface area contributed by atoms with E-state index < -0.39 is 6.09 Å². The summed E-state index contributed by atoms with van der Waals surface area (Å²) in [5.74, 6) is 1.91. The molecule has 1 aromatic heterocycles. The second kappa shape index (κ2) is 5.13. The molecule has 0 radical (unpaired) electrons. The van der Waals surface area contributed by atoms with Gasteiger partial charge in [0, 0.05) is 13.0 Å². The Hall–Kier alpha value is -2.08. The minimum Gasteiger partial charge on any atom is -0.408 e. The Labute approximate surface area is 116 Å². The highest BCUT2D eigenvalue weighted by Crippen LogP contribution is 2.31. The molecule has 2 heterocycles. The highest BCUT2D eigenvalue weighted by molar-refractivity contribution is 5.85. The van der Waals surface area contributed by atoms with Gasteiger partial charge < -0.3 is 20.4 Å². The van der Waals surface area contributed by atoms with Gasteiger partial charge in [-0.25, -0.2) is 9.78 Å². The second-order valence-corrected chi connectivity index (χ2v) is 5.10. The van der Waals surface area contributed by atoms with Crippen LogP contribution in [-0.2, 0) is 7.05 Å². The van der Waals surface area contributed by atoms with E-state index in [2.05, 4.69) is 9.88 Å². The Morgan fingerprint density at radius 1 is 1.45 bits per heavy atom. The summed E-state index contributed by atoms with van der Waals surface area (Å²) in [5, 5.41) is 3.35. The second-order valence-electron chi connectivity index (χ2n) is 5.10. The quantitative estimate of drug-likeness (QED) is 0.869. The number of imidazole rings is 1. The SMILES string of the molecule is Cn1c(C2CCNCC2)nc2c(OC(N)=O)cccc21. The third-order valence-electron chi connectivity index (χ3n) is 3.82. The molecule has 1 aliphatic heterocycles. The average Bonchev–Trinajstić information content (AvgIpc) is 2.78. The predicted octanol–water partition coefficient (Wildman–Crippen LogP) is 1.50. The van der Waals surface area contributed by atoms with Gasteiger partial charge in [-0.3, -0.25) is 0 Å². The number of piperidine rings is 1. The van der Waals surface area contributed by atoms with Crippen LogP contribution < -0.4 is 15.8 Å². The molecule has 1 saturated heterocycles. The summed E-state index contributed by atoms with van der Waals surface area (Å²) >= 11 is 0. The van der Waals surface area contributed by atoms with Crippen molar-refractivity contribution in [2.24, 2.45) is 12.8 Å². The number of primary amides is 1. The molecule has 106 valence electrons. The number of hydrogen-bond acceptors (Lipinski definition) is 4. The molecule has 1 aromatic carbocycles. The zero-order chi connectivity index (χ0) is 14.1. The number of rotatable bonds is 2. The molecule has 0 saturated carbocycles. The van der Waals surface area contributed by atoms with Crippen LogP contribution in [0, 0.1) is 0 Å². The highest BCUT2D eigenvalue weighted by atomic mass is 16.5. The van der Waals surface area contributed by atoms with Crippen molar-refractivity contribution in [3.05, 3.63) is 24.0 Å². The first-order valence-electron chi connectivity index (χ1n) is 6.80. The van der Waals surface area contributed by atoms with Crippen LogP contribution in [-0.4, -0.2) is 28.7 Å². The van der Waals surface area contributed by atoms with Crippen LogP contribution >= 0.6 is 0 Å². The molecule has 3 N–H and O–H groups in total. The van der Waals surface area contributed by atoms with Crippen LogP contribution in [0.1, 0.15) is 24.6 Å². The molecule has 0 aliphatic carbocycles. The summed E-state index contributed by atoms with van der Waals surface area (Å²) in [6, 6.07) is 5.53. The smallest absolute Gasteiger partial charge is 0.408 e. The van der Waals surface area contributed by atoms with Crippen LogP contribution in [0.25, 0.3) is 11.0 Å². The molecular weight excluding hydrogens is 256 g/mol. The maximum atomic E-state index is 11.0. The first kappa shape index (κ1) is 12.9. The van der Waals surface area contributed by atoms with Crippen LogP contribution in [0.5, 0.6) is 5.75 Å². The fourth-order valence-electron chi connectivity index (χ4n) is 2.84. The molecule has 0 spiro atoms. The number of nitrogens with zero attached hydrogens (tertiary/aromatic N) is 2. The van der Waals surface area contributed by atoms with Gasteiger partial charge in [-0.15, -0.1) is 0 Å². The molecule has 6 nitrogen and oxygen atoms in total. The third kappa shape index (κ3) is 2.22. The standard InChI is InChI=1S/C14H18N4O2/c1-18-10-3-2-4-11(20-14(15)19)12(10)17-13(18)9-5-7-16-8-6-9/h2-4,9,16H,5-8H2,1H3,(H2,15,19). The number of amides is 1. The van der Waals surface area contributed by atoms with Crippen LogP contribution in [0.4, 0.5) is 4.79 Å². The van der Waals surface area contributed by atoms with Crippen LogP contribution in [0.3, 0.4) is 0 Å². The van der Waals surface area contributed by atoms with E-state index in [1.54, 1.807) is 6.07 Å². The highest BCUT2D eigenvalue weighted by Gasteiger charge is 2.22. The number of aromatic nitrogens is 2. The lowest BCUT2D eigenvalue weighted by Gasteiger charge is -2.22. The Morgan fingerprint density at radius 3 is 2.90 bits per heavy atom. The number of carbonyl (C=O) groups is 1. The van der Waals surface area contributed by atoms with Crippen molar-refractivity contribution in [2.45, 2.75) is 18.8 Å². The summed E-state index contributed by atoms with van der Waals surface area (Å²) in [6.07, 6.45) is 1.33. The molecule has 1 amide bonds. The fraction of sp³-hybridized carbons (Fsp3) is 0.429. The topological polar surface area (TPSA) is 82.2 Å². The van der Waals surface area contributed by atoms with E-state index >= 15 is 0 Å². The van der Waals surface area contributed by atoms with Crippen molar-refractivity contribution in [3.63, 3.8) is 0 Å². The predicted molar refractivity (Wildman–Crippen MR) is 75.8 cm³/mol. The van der Waals surface area contributed by atoms with Gasteiger partial charge in [0.05, 0.1) is 5.52 Å². The van der Waals surface area contributed by atoms with Crippen molar-refractivity contribution in [2.75, 3.05) is 13.1 Å². The average molecular weight is 274 g/mol. The lowest BCUT2D eigenvalue weighted by molar-refractivity contribution is 0.211. The normalized spacial score (nSPS) is 16.4. The molecule has 3 rings (SSSR count). The summed E-state index contributed by atoms with van der Waals surface area (Å²) < 4.78 is 7.12.